The first-order valence-corrected chi connectivity index (χ1v) is 4.84. The molecule has 7 heteroatoms. The fraction of sp³-hybridized carbons (Fsp3) is 0.444. The second-order valence-corrected chi connectivity index (χ2v) is 3.87. The molecule has 0 radical (unpaired) electrons. The highest BCUT2D eigenvalue weighted by Crippen LogP contribution is 2.21. The van der Waals surface area contributed by atoms with E-state index in [0.717, 1.165) is 0 Å². The minimum absolute atomic E-state index is 0.0996. The quantitative estimate of drug-likeness (QED) is 0.579. The number of H-pyrrole nitrogens is 1. The van der Waals surface area contributed by atoms with Gasteiger partial charge in [-0.15, -0.1) is 0 Å². The number of carbonyl (C=O) groups is 1. The lowest BCUT2D eigenvalue weighted by Crippen LogP contribution is -2.50. The SMILES string of the molecule is NC1(C(=O)O)CCN(c2ncc[nH]c2=O)C1. The summed E-state index contributed by atoms with van der Waals surface area (Å²) in [5.74, 6) is -0.835. The van der Waals surface area contributed by atoms with Crippen molar-refractivity contribution >= 4 is 11.8 Å². The van der Waals surface area contributed by atoms with E-state index in [-0.39, 0.29) is 17.9 Å². The zero-order chi connectivity index (χ0) is 11.8. The molecule has 7 nitrogen and oxygen atoms in total. The molecule has 0 spiro atoms. The number of hydrogen-bond acceptors (Lipinski definition) is 5. The molecule has 1 aromatic rings. The first-order valence-electron chi connectivity index (χ1n) is 4.84. The number of nitrogens with one attached hydrogen (secondary N) is 1. The molecule has 1 aliphatic heterocycles. The van der Waals surface area contributed by atoms with E-state index in [1.54, 1.807) is 4.90 Å². The van der Waals surface area contributed by atoms with Crippen LogP contribution in [0.1, 0.15) is 6.42 Å². The maximum atomic E-state index is 11.4. The van der Waals surface area contributed by atoms with Gasteiger partial charge in [-0.05, 0) is 6.42 Å². The third-order valence-corrected chi connectivity index (χ3v) is 2.72. The summed E-state index contributed by atoms with van der Waals surface area (Å²) in [7, 11) is 0. The summed E-state index contributed by atoms with van der Waals surface area (Å²) in [5, 5.41) is 8.95. The smallest absolute Gasteiger partial charge is 0.325 e. The van der Waals surface area contributed by atoms with E-state index >= 15 is 0 Å². The van der Waals surface area contributed by atoms with E-state index in [1.807, 2.05) is 0 Å². The predicted octanol–water partition coefficient (Wildman–Crippen LogP) is -1.24. The number of carboxylic acids is 1. The van der Waals surface area contributed by atoms with Gasteiger partial charge in [-0.3, -0.25) is 9.59 Å². The molecule has 0 aliphatic carbocycles. The Kier molecular flexibility index (Phi) is 2.39. The number of carboxylic acid groups (broad SMARTS) is 1. The van der Waals surface area contributed by atoms with Gasteiger partial charge in [0.15, 0.2) is 5.82 Å². The Hall–Kier alpha value is -1.89. The van der Waals surface area contributed by atoms with E-state index in [4.69, 9.17) is 10.8 Å². The van der Waals surface area contributed by atoms with Crippen molar-refractivity contribution in [1.82, 2.24) is 9.97 Å². The summed E-state index contributed by atoms with van der Waals surface area (Å²) in [6.45, 7) is 0.519. The van der Waals surface area contributed by atoms with Crippen molar-refractivity contribution in [2.75, 3.05) is 18.0 Å². The van der Waals surface area contributed by atoms with E-state index in [0.29, 0.717) is 13.0 Å². The van der Waals surface area contributed by atoms with Gasteiger partial charge < -0.3 is 20.7 Å². The van der Waals surface area contributed by atoms with Crippen molar-refractivity contribution in [2.24, 2.45) is 5.73 Å². The van der Waals surface area contributed by atoms with Crippen LogP contribution in [0.3, 0.4) is 0 Å². The van der Waals surface area contributed by atoms with Crippen LogP contribution in [0.15, 0.2) is 17.2 Å². The largest absolute Gasteiger partial charge is 0.480 e. The summed E-state index contributed by atoms with van der Waals surface area (Å²) >= 11 is 0. The summed E-state index contributed by atoms with van der Waals surface area (Å²) in [6.07, 6.45) is 3.18. The van der Waals surface area contributed by atoms with Gasteiger partial charge in [-0.1, -0.05) is 0 Å². The monoisotopic (exact) mass is 224 g/mol. The number of aromatic amines is 1. The molecule has 0 amide bonds. The average molecular weight is 224 g/mol. The van der Waals surface area contributed by atoms with E-state index in [1.165, 1.54) is 12.4 Å². The summed E-state index contributed by atoms with van der Waals surface area (Å²) in [5.41, 5.74) is 4.07. The van der Waals surface area contributed by atoms with Crippen molar-refractivity contribution in [3.8, 4) is 0 Å². The van der Waals surface area contributed by atoms with E-state index in [2.05, 4.69) is 9.97 Å². The number of aliphatic carboxylic acids is 1. The average Bonchev–Trinajstić information content (AvgIpc) is 2.63. The summed E-state index contributed by atoms with van der Waals surface area (Å²) in [6, 6.07) is 0. The number of anilines is 1. The van der Waals surface area contributed by atoms with Crippen molar-refractivity contribution in [1.29, 1.82) is 0 Å². The van der Waals surface area contributed by atoms with Crippen LogP contribution < -0.4 is 16.2 Å². The lowest BCUT2D eigenvalue weighted by molar-refractivity contribution is -0.142. The molecule has 0 saturated carbocycles. The molecular formula is C9H12N4O3. The third kappa shape index (κ3) is 1.65. The Morgan fingerprint density at radius 3 is 3.00 bits per heavy atom. The van der Waals surface area contributed by atoms with Crippen LogP contribution in [0, 0.1) is 0 Å². The number of nitrogens with zero attached hydrogens (tertiary/aromatic N) is 2. The van der Waals surface area contributed by atoms with Crippen molar-refractivity contribution in [2.45, 2.75) is 12.0 Å². The van der Waals surface area contributed by atoms with Crippen molar-refractivity contribution in [3.63, 3.8) is 0 Å². The first kappa shape index (κ1) is 10.6. The van der Waals surface area contributed by atoms with Crippen LogP contribution in [-0.2, 0) is 4.79 Å². The standard InChI is InChI=1S/C9H12N4O3/c10-9(8(15)16)1-4-13(5-9)6-7(14)12-3-2-11-6/h2-3H,1,4-5,10H2,(H,12,14)(H,15,16). The third-order valence-electron chi connectivity index (χ3n) is 2.72. The maximum Gasteiger partial charge on any atom is 0.325 e. The zero-order valence-corrected chi connectivity index (χ0v) is 8.51. The number of nitrogens with two attached hydrogens (primary N) is 1. The molecule has 2 heterocycles. The molecule has 0 aromatic carbocycles. The molecule has 1 aromatic heterocycles. The Bertz CT molecular complexity index is 472. The highest BCUT2D eigenvalue weighted by atomic mass is 16.4. The highest BCUT2D eigenvalue weighted by molar-refractivity contribution is 5.80. The maximum absolute atomic E-state index is 11.4. The first-order chi connectivity index (χ1) is 7.53. The van der Waals surface area contributed by atoms with Crippen LogP contribution >= 0.6 is 0 Å². The fourth-order valence-corrected chi connectivity index (χ4v) is 1.76. The normalized spacial score (nSPS) is 24.7. The van der Waals surface area contributed by atoms with Crippen molar-refractivity contribution in [3.05, 3.63) is 22.7 Å². The molecule has 86 valence electrons. The van der Waals surface area contributed by atoms with Gasteiger partial charge in [-0.25, -0.2) is 4.98 Å². The molecule has 1 unspecified atom stereocenters. The minimum Gasteiger partial charge on any atom is -0.480 e. The molecule has 1 aliphatic rings. The predicted molar refractivity (Wildman–Crippen MR) is 56.2 cm³/mol. The van der Waals surface area contributed by atoms with Gasteiger partial charge in [-0.2, -0.15) is 0 Å². The van der Waals surface area contributed by atoms with Gasteiger partial charge in [0.2, 0.25) is 0 Å². The fourth-order valence-electron chi connectivity index (χ4n) is 1.76. The molecular weight excluding hydrogens is 212 g/mol. The number of hydrogen-bond donors (Lipinski definition) is 3. The van der Waals surface area contributed by atoms with Gasteiger partial charge in [0.1, 0.15) is 5.54 Å². The summed E-state index contributed by atoms with van der Waals surface area (Å²) < 4.78 is 0. The van der Waals surface area contributed by atoms with Crippen LogP contribution in [0.4, 0.5) is 5.82 Å². The number of aromatic nitrogens is 2. The Labute approximate surface area is 90.9 Å². The van der Waals surface area contributed by atoms with Gasteiger partial charge in [0.25, 0.3) is 5.56 Å². The van der Waals surface area contributed by atoms with E-state index in [9.17, 15) is 9.59 Å². The van der Waals surface area contributed by atoms with Crippen LogP contribution in [0.2, 0.25) is 0 Å². The minimum atomic E-state index is -1.29. The molecule has 4 N–H and O–H groups in total. The van der Waals surface area contributed by atoms with Crippen LogP contribution in [0.5, 0.6) is 0 Å². The Morgan fingerprint density at radius 1 is 1.69 bits per heavy atom. The van der Waals surface area contributed by atoms with E-state index < -0.39 is 11.5 Å². The second kappa shape index (κ2) is 3.60. The molecule has 2 rings (SSSR count). The second-order valence-electron chi connectivity index (χ2n) is 3.87. The van der Waals surface area contributed by atoms with Crippen LogP contribution in [-0.4, -0.2) is 39.7 Å². The molecule has 1 fully saturated rings. The number of rotatable bonds is 2. The highest BCUT2D eigenvalue weighted by Gasteiger charge is 2.42. The molecule has 1 atom stereocenters. The zero-order valence-electron chi connectivity index (χ0n) is 8.51. The van der Waals surface area contributed by atoms with Gasteiger partial charge in [0.05, 0.1) is 0 Å². The topological polar surface area (TPSA) is 112 Å². The molecule has 16 heavy (non-hydrogen) atoms. The summed E-state index contributed by atoms with van der Waals surface area (Å²) in [4.78, 5) is 30.4. The lowest BCUT2D eigenvalue weighted by atomic mass is 10.0. The Balaban J connectivity index is 2.25. The van der Waals surface area contributed by atoms with Crippen LogP contribution in [0.25, 0.3) is 0 Å². The van der Waals surface area contributed by atoms with Gasteiger partial charge in [0, 0.05) is 25.5 Å². The molecule has 0 bridgehead atoms. The van der Waals surface area contributed by atoms with Gasteiger partial charge >= 0.3 is 5.97 Å². The Morgan fingerprint density at radius 2 is 2.44 bits per heavy atom. The lowest BCUT2D eigenvalue weighted by Gasteiger charge is -2.19. The van der Waals surface area contributed by atoms with Crippen molar-refractivity contribution < 1.29 is 9.90 Å². The molecule has 1 saturated heterocycles.